The number of nitrogens with one attached hydrogen (secondary N) is 1. The molecule has 0 aliphatic carbocycles. The van der Waals surface area contributed by atoms with Crippen molar-refractivity contribution in [3.63, 3.8) is 0 Å². The molecule has 0 spiro atoms. The molecule has 0 saturated heterocycles. The molecular weight excluding hydrogens is 244 g/mol. The van der Waals surface area contributed by atoms with E-state index in [2.05, 4.69) is 5.32 Å². The number of ether oxygens (including phenoxy) is 1. The van der Waals surface area contributed by atoms with E-state index < -0.39 is 6.10 Å². The molecule has 2 atom stereocenters. The summed E-state index contributed by atoms with van der Waals surface area (Å²) in [6.45, 7) is 3.86. The Balaban J connectivity index is 2.57. The smallest absolute Gasteiger partial charge is 0.260 e. The van der Waals surface area contributed by atoms with Gasteiger partial charge in [0.25, 0.3) is 5.91 Å². The number of hydrogen-bond donors (Lipinski definition) is 2. The van der Waals surface area contributed by atoms with Gasteiger partial charge < -0.3 is 15.2 Å². The van der Waals surface area contributed by atoms with Crippen molar-refractivity contribution in [3.05, 3.63) is 29.8 Å². The minimum atomic E-state index is -0.694. The molecule has 0 aliphatic heterocycles. The van der Waals surface area contributed by atoms with Crippen molar-refractivity contribution in [2.75, 3.05) is 13.2 Å². The third kappa shape index (κ3) is 4.60. The molecule has 1 amide bonds. The summed E-state index contributed by atoms with van der Waals surface area (Å²) < 4.78 is 5.47. The first kappa shape index (κ1) is 15.0. The molecule has 1 aromatic carbocycles. The fourth-order valence-corrected chi connectivity index (χ4v) is 1.39. The lowest BCUT2D eigenvalue weighted by atomic mass is 10.2. The van der Waals surface area contributed by atoms with Crippen LogP contribution in [0.1, 0.15) is 19.4 Å². The summed E-state index contributed by atoms with van der Waals surface area (Å²) in [4.78, 5) is 11.8. The number of carbonyl (C=O) groups excluding carboxylic acids is 1. The minimum Gasteiger partial charge on any atom is -0.480 e. The number of nitrogens with zero attached hydrogens (tertiary/aromatic N) is 1. The van der Waals surface area contributed by atoms with Gasteiger partial charge in [0.1, 0.15) is 11.8 Å². The van der Waals surface area contributed by atoms with E-state index in [1.807, 2.05) is 13.0 Å². The molecule has 1 rings (SSSR count). The van der Waals surface area contributed by atoms with E-state index >= 15 is 0 Å². The van der Waals surface area contributed by atoms with E-state index in [0.717, 1.165) is 0 Å². The summed E-state index contributed by atoms with van der Waals surface area (Å²) in [6.07, 6.45) is -0.694. The van der Waals surface area contributed by atoms with Gasteiger partial charge in [0.05, 0.1) is 5.56 Å². The Bertz CT molecular complexity index is 468. The van der Waals surface area contributed by atoms with E-state index in [1.165, 1.54) is 0 Å². The minimum absolute atomic E-state index is 0.00236. The van der Waals surface area contributed by atoms with Crippen molar-refractivity contribution in [3.8, 4) is 11.8 Å². The Morgan fingerprint density at radius 2 is 2.16 bits per heavy atom. The van der Waals surface area contributed by atoms with Gasteiger partial charge >= 0.3 is 0 Å². The molecule has 2 N–H and O–H groups in total. The summed E-state index contributed by atoms with van der Waals surface area (Å²) in [7, 11) is 0. The van der Waals surface area contributed by atoms with Crippen molar-refractivity contribution in [2.24, 2.45) is 5.92 Å². The van der Waals surface area contributed by atoms with Crippen molar-refractivity contribution in [1.82, 2.24) is 5.32 Å². The summed E-state index contributed by atoms with van der Waals surface area (Å²) in [6, 6.07) is 8.77. The normalized spacial score (nSPS) is 13.2. The molecule has 102 valence electrons. The topological polar surface area (TPSA) is 82.3 Å². The van der Waals surface area contributed by atoms with Crippen LogP contribution in [-0.2, 0) is 4.79 Å². The fraction of sp³-hybridized carbons (Fsp3) is 0.429. The molecule has 0 saturated carbocycles. The van der Waals surface area contributed by atoms with Crippen molar-refractivity contribution < 1.29 is 14.6 Å². The first-order chi connectivity index (χ1) is 9.08. The first-order valence-electron chi connectivity index (χ1n) is 6.12. The van der Waals surface area contributed by atoms with Crippen molar-refractivity contribution in [1.29, 1.82) is 5.26 Å². The number of nitriles is 1. The SMILES string of the molecule is CC(CO)CNC(=O)C(C)Oc1ccccc1C#N. The Labute approximate surface area is 112 Å². The maximum absolute atomic E-state index is 11.8. The number of rotatable bonds is 6. The predicted molar refractivity (Wildman–Crippen MR) is 70.5 cm³/mol. The van der Waals surface area contributed by atoms with Crippen LogP contribution in [0.25, 0.3) is 0 Å². The highest BCUT2D eigenvalue weighted by molar-refractivity contribution is 5.80. The maximum atomic E-state index is 11.8. The third-order valence-electron chi connectivity index (χ3n) is 2.62. The predicted octanol–water partition coefficient (Wildman–Crippen LogP) is 1.07. The Morgan fingerprint density at radius 1 is 1.47 bits per heavy atom. The van der Waals surface area contributed by atoms with Crippen LogP contribution in [0.15, 0.2) is 24.3 Å². The first-order valence-corrected chi connectivity index (χ1v) is 6.12. The van der Waals surface area contributed by atoms with Crippen molar-refractivity contribution >= 4 is 5.91 Å². The molecule has 1 aromatic rings. The molecule has 0 aromatic heterocycles. The van der Waals surface area contributed by atoms with Crippen LogP contribution in [0.5, 0.6) is 5.75 Å². The average Bonchev–Trinajstić information content (AvgIpc) is 2.44. The van der Waals surface area contributed by atoms with Crippen LogP contribution in [0.4, 0.5) is 0 Å². The Kier molecular flexibility index (Phi) is 5.83. The van der Waals surface area contributed by atoms with E-state index in [9.17, 15) is 4.79 Å². The lowest BCUT2D eigenvalue weighted by molar-refractivity contribution is -0.127. The van der Waals surface area contributed by atoms with Gasteiger partial charge in [0, 0.05) is 13.2 Å². The number of para-hydroxylation sites is 1. The molecule has 2 unspecified atom stereocenters. The highest BCUT2D eigenvalue weighted by atomic mass is 16.5. The summed E-state index contributed by atoms with van der Waals surface area (Å²) >= 11 is 0. The molecule has 5 nitrogen and oxygen atoms in total. The van der Waals surface area contributed by atoms with Crippen LogP contribution in [0.2, 0.25) is 0 Å². The van der Waals surface area contributed by atoms with Crippen molar-refractivity contribution in [2.45, 2.75) is 20.0 Å². The number of aliphatic hydroxyl groups is 1. The van der Waals surface area contributed by atoms with E-state index in [-0.39, 0.29) is 18.4 Å². The second-order valence-electron chi connectivity index (χ2n) is 4.40. The molecular formula is C14H18N2O3. The van der Waals surface area contributed by atoms with Gasteiger partial charge in [-0.1, -0.05) is 19.1 Å². The lowest BCUT2D eigenvalue weighted by Gasteiger charge is -2.16. The number of hydrogen-bond acceptors (Lipinski definition) is 4. The number of benzene rings is 1. The maximum Gasteiger partial charge on any atom is 0.260 e. The Morgan fingerprint density at radius 3 is 2.79 bits per heavy atom. The zero-order valence-corrected chi connectivity index (χ0v) is 11.1. The highest BCUT2D eigenvalue weighted by Crippen LogP contribution is 2.18. The average molecular weight is 262 g/mol. The van der Waals surface area contributed by atoms with Gasteiger partial charge in [-0.2, -0.15) is 5.26 Å². The van der Waals surface area contributed by atoms with Gasteiger partial charge in [-0.15, -0.1) is 0 Å². The van der Waals surface area contributed by atoms with Gasteiger partial charge in [-0.05, 0) is 25.0 Å². The number of amides is 1. The molecule has 0 radical (unpaired) electrons. The molecule has 0 fully saturated rings. The van der Waals surface area contributed by atoms with Crippen LogP contribution in [0, 0.1) is 17.2 Å². The summed E-state index contributed by atoms with van der Waals surface area (Å²) in [5.74, 6) is 0.124. The zero-order valence-electron chi connectivity index (χ0n) is 11.1. The van der Waals surface area contributed by atoms with E-state index in [4.69, 9.17) is 15.1 Å². The molecule has 0 bridgehead atoms. The largest absolute Gasteiger partial charge is 0.480 e. The molecule has 5 heteroatoms. The fourth-order valence-electron chi connectivity index (χ4n) is 1.39. The van der Waals surface area contributed by atoms with Crippen LogP contribution >= 0.6 is 0 Å². The Hall–Kier alpha value is -2.06. The van der Waals surface area contributed by atoms with Gasteiger partial charge in [-0.25, -0.2) is 0 Å². The van der Waals surface area contributed by atoms with E-state index in [1.54, 1.807) is 31.2 Å². The number of carbonyl (C=O) groups is 1. The standard InChI is InChI=1S/C14H18N2O3/c1-10(9-17)8-16-14(18)11(2)19-13-6-4-3-5-12(13)7-15/h3-6,10-11,17H,8-9H2,1-2H3,(H,16,18). The van der Waals surface area contributed by atoms with Gasteiger partial charge in [0.15, 0.2) is 6.10 Å². The molecule has 0 heterocycles. The zero-order chi connectivity index (χ0) is 14.3. The molecule has 19 heavy (non-hydrogen) atoms. The second-order valence-corrected chi connectivity index (χ2v) is 4.40. The highest BCUT2D eigenvalue weighted by Gasteiger charge is 2.16. The van der Waals surface area contributed by atoms with E-state index in [0.29, 0.717) is 17.9 Å². The van der Waals surface area contributed by atoms with Crippen LogP contribution in [-0.4, -0.2) is 30.3 Å². The third-order valence-corrected chi connectivity index (χ3v) is 2.62. The number of aliphatic hydroxyl groups excluding tert-OH is 1. The van der Waals surface area contributed by atoms with Gasteiger partial charge in [-0.3, -0.25) is 4.79 Å². The summed E-state index contributed by atoms with van der Waals surface area (Å²) in [5.41, 5.74) is 0.394. The summed E-state index contributed by atoms with van der Waals surface area (Å²) in [5, 5.41) is 20.5. The monoisotopic (exact) mass is 262 g/mol. The van der Waals surface area contributed by atoms with Crippen LogP contribution in [0.3, 0.4) is 0 Å². The van der Waals surface area contributed by atoms with Crippen LogP contribution < -0.4 is 10.1 Å². The lowest BCUT2D eigenvalue weighted by Crippen LogP contribution is -2.39. The molecule has 0 aliphatic rings. The quantitative estimate of drug-likeness (QED) is 0.803. The van der Waals surface area contributed by atoms with Gasteiger partial charge in [0.2, 0.25) is 0 Å². The second kappa shape index (κ2) is 7.39.